The van der Waals surface area contributed by atoms with Crippen LogP contribution in [0.15, 0.2) is 67.1 Å². The van der Waals surface area contributed by atoms with Gasteiger partial charge in [0.2, 0.25) is 0 Å². The van der Waals surface area contributed by atoms with Gasteiger partial charge >= 0.3 is 0 Å². The number of benzene rings is 2. The van der Waals surface area contributed by atoms with Gasteiger partial charge in [-0.2, -0.15) is 0 Å². The molecule has 4 rings (SSSR count). The Bertz CT molecular complexity index is 907. The molecule has 0 spiro atoms. The summed E-state index contributed by atoms with van der Waals surface area (Å²) in [4.78, 5) is 10.7. The monoisotopic (exact) mass is 376 g/mol. The van der Waals surface area contributed by atoms with Gasteiger partial charge in [0, 0.05) is 37.1 Å². The van der Waals surface area contributed by atoms with Crippen LogP contribution < -0.4 is 10.2 Å². The summed E-state index contributed by atoms with van der Waals surface area (Å²) in [6.07, 6.45) is 5.55. The Kier molecular flexibility index (Phi) is 5.63. The lowest BCUT2D eigenvalue weighted by Crippen LogP contribution is -2.43. The molecule has 5 heteroatoms. The van der Waals surface area contributed by atoms with Gasteiger partial charge in [-0.3, -0.25) is 0 Å². The average molecular weight is 376 g/mol. The second-order valence-electron chi connectivity index (χ2n) is 7.34. The predicted octanol–water partition coefficient (Wildman–Crippen LogP) is 4.60. The third kappa shape index (κ3) is 4.37. The highest BCUT2D eigenvalue weighted by Gasteiger charge is 2.21. The van der Waals surface area contributed by atoms with Crippen molar-refractivity contribution >= 4 is 5.69 Å². The van der Waals surface area contributed by atoms with Gasteiger partial charge in [-0.15, -0.1) is 0 Å². The maximum absolute atomic E-state index is 13.6. The predicted molar refractivity (Wildman–Crippen MR) is 111 cm³/mol. The van der Waals surface area contributed by atoms with Gasteiger partial charge in [0.15, 0.2) is 0 Å². The number of piperidine rings is 1. The molecule has 0 aliphatic carbocycles. The average Bonchev–Trinajstić information content (AvgIpc) is 2.75. The standard InChI is InChI=1S/C23H25FN4/c1-17(23-8-11-25-16-26-23)27-21-9-12-28(13-10-21)22-7-3-5-19(15-22)18-4-2-6-20(24)14-18/h2-8,11,14-17,21,27H,9-10,12-13H2,1H3. The van der Waals surface area contributed by atoms with Crippen molar-refractivity contribution in [3.05, 3.63) is 78.6 Å². The number of hydrogen-bond acceptors (Lipinski definition) is 4. The minimum Gasteiger partial charge on any atom is -0.371 e. The Hall–Kier alpha value is -2.79. The molecule has 144 valence electrons. The van der Waals surface area contributed by atoms with E-state index in [1.54, 1.807) is 24.7 Å². The van der Waals surface area contributed by atoms with Crippen LogP contribution in [0.4, 0.5) is 10.1 Å². The summed E-state index contributed by atoms with van der Waals surface area (Å²) >= 11 is 0. The number of halogens is 1. The number of nitrogens with one attached hydrogen (secondary N) is 1. The number of rotatable bonds is 5. The largest absolute Gasteiger partial charge is 0.371 e. The minimum atomic E-state index is -0.201. The zero-order valence-electron chi connectivity index (χ0n) is 16.1. The van der Waals surface area contributed by atoms with Crippen LogP contribution >= 0.6 is 0 Å². The van der Waals surface area contributed by atoms with Crippen molar-refractivity contribution in [3.8, 4) is 11.1 Å². The maximum atomic E-state index is 13.6. The Labute approximate surface area is 165 Å². The van der Waals surface area contributed by atoms with Crippen molar-refractivity contribution < 1.29 is 4.39 Å². The van der Waals surface area contributed by atoms with E-state index in [4.69, 9.17) is 0 Å². The molecule has 0 radical (unpaired) electrons. The van der Waals surface area contributed by atoms with E-state index in [9.17, 15) is 4.39 Å². The normalized spacial score (nSPS) is 16.1. The van der Waals surface area contributed by atoms with Crippen LogP contribution in [0.1, 0.15) is 31.5 Å². The molecule has 2 aromatic carbocycles. The van der Waals surface area contributed by atoms with Crippen molar-refractivity contribution in [1.29, 1.82) is 0 Å². The summed E-state index contributed by atoms with van der Waals surface area (Å²) in [7, 11) is 0. The molecule has 1 N–H and O–H groups in total. The molecule has 1 unspecified atom stereocenters. The van der Waals surface area contributed by atoms with Gasteiger partial charge in [0.05, 0.1) is 5.69 Å². The molecule has 1 aliphatic rings. The SMILES string of the molecule is CC(NC1CCN(c2cccc(-c3cccc(F)c3)c2)CC1)c1ccncn1. The first-order valence-corrected chi connectivity index (χ1v) is 9.82. The van der Waals surface area contributed by atoms with E-state index in [0.717, 1.165) is 42.8 Å². The van der Waals surface area contributed by atoms with Crippen LogP contribution in [-0.4, -0.2) is 29.1 Å². The highest BCUT2D eigenvalue weighted by atomic mass is 19.1. The van der Waals surface area contributed by atoms with Gasteiger partial charge in [0.1, 0.15) is 12.1 Å². The van der Waals surface area contributed by atoms with E-state index in [1.165, 1.54) is 11.8 Å². The molecule has 3 aromatic rings. The smallest absolute Gasteiger partial charge is 0.123 e. The zero-order chi connectivity index (χ0) is 19.3. The van der Waals surface area contributed by atoms with Crippen molar-refractivity contribution in [1.82, 2.24) is 15.3 Å². The van der Waals surface area contributed by atoms with E-state index < -0.39 is 0 Å². The first-order chi connectivity index (χ1) is 13.7. The highest BCUT2D eigenvalue weighted by molar-refractivity contribution is 5.68. The highest BCUT2D eigenvalue weighted by Crippen LogP contribution is 2.27. The first kappa shape index (κ1) is 18.6. The van der Waals surface area contributed by atoms with Crippen LogP contribution in [-0.2, 0) is 0 Å². The summed E-state index contributed by atoms with van der Waals surface area (Å²) in [6.45, 7) is 4.15. The molecule has 2 heterocycles. The van der Waals surface area contributed by atoms with Crippen molar-refractivity contribution in [2.75, 3.05) is 18.0 Å². The second kappa shape index (κ2) is 8.48. The Balaban J connectivity index is 1.38. The Morgan fingerprint density at radius 1 is 1.04 bits per heavy atom. The third-order valence-electron chi connectivity index (χ3n) is 5.40. The van der Waals surface area contributed by atoms with Crippen molar-refractivity contribution in [2.45, 2.75) is 31.8 Å². The Morgan fingerprint density at radius 3 is 2.50 bits per heavy atom. The van der Waals surface area contributed by atoms with E-state index in [2.05, 4.69) is 45.3 Å². The number of nitrogens with zero attached hydrogens (tertiary/aromatic N) is 3. The molecule has 0 amide bonds. The summed E-state index contributed by atoms with van der Waals surface area (Å²) in [5.74, 6) is -0.201. The fraction of sp³-hybridized carbons (Fsp3) is 0.304. The van der Waals surface area contributed by atoms with Gasteiger partial charge < -0.3 is 10.2 Å². The van der Waals surface area contributed by atoms with E-state index in [0.29, 0.717) is 6.04 Å². The molecule has 1 aromatic heterocycles. The first-order valence-electron chi connectivity index (χ1n) is 9.82. The molecule has 1 atom stereocenters. The van der Waals surface area contributed by atoms with Crippen LogP contribution in [0.25, 0.3) is 11.1 Å². The van der Waals surface area contributed by atoms with E-state index in [-0.39, 0.29) is 11.9 Å². The van der Waals surface area contributed by atoms with Gasteiger partial charge in [-0.1, -0.05) is 24.3 Å². The third-order valence-corrected chi connectivity index (χ3v) is 5.40. The zero-order valence-corrected chi connectivity index (χ0v) is 16.1. The van der Waals surface area contributed by atoms with Gasteiger partial charge in [-0.25, -0.2) is 14.4 Å². The summed E-state index contributed by atoms with van der Waals surface area (Å²) in [6, 6.07) is 17.8. The van der Waals surface area contributed by atoms with Crippen LogP contribution in [0, 0.1) is 5.82 Å². The van der Waals surface area contributed by atoms with E-state index >= 15 is 0 Å². The summed E-state index contributed by atoms with van der Waals surface area (Å²) in [5, 5.41) is 3.69. The van der Waals surface area contributed by atoms with Crippen molar-refractivity contribution in [2.24, 2.45) is 0 Å². The fourth-order valence-corrected chi connectivity index (χ4v) is 3.85. The molecule has 0 saturated carbocycles. The number of hydrogen-bond donors (Lipinski definition) is 1. The lowest BCUT2D eigenvalue weighted by atomic mass is 10.0. The summed E-state index contributed by atoms with van der Waals surface area (Å²) < 4.78 is 13.6. The quantitative estimate of drug-likeness (QED) is 0.706. The summed E-state index contributed by atoms with van der Waals surface area (Å²) in [5.41, 5.74) is 4.19. The molecular weight excluding hydrogens is 351 g/mol. The van der Waals surface area contributed by atoms with Crippen molar-refractivity contribution in [3.63, 3.8) is 0 Å². The lowest BCUT2D eigenvalue weighted by molar-refractivity contribution is 0.377. The molecular formula is C23H25FN4. The molecule has 4 nitrogen and oxygen atoms in total. The van der Waals surface area contributed by atoms with Gasteiger partial charge in [0.25, 0.3) is 0 Å². The maximum Gasteiger partial charge on any atom is 0.123 e. The molecule has 28 heavy (non-hydrogen) atoms. The second-order valence-corrected chi connectivity index (χ2v) is 7.34. The molecule has 1 aliphatic heterocycles. The molecule has 1 fully saturated rings. The number of anilines is 1. The van der Waals surface area contributed by atoms with Crippen LogP contribution in [0.3, 0.4) is 0 Å². The molecule has 0 bridgehead atoms. The van der Waals surface area contributed by atoms with Gasteiger partial charge in [-0.05, 0) is 61.2 Å². The molecule has 1 saturated heterocycles. The lowest BCUT2D eigenvalue weighted by Gasteiger charge is -2.35. The van der Waals surface area contributed by atoms with E-state index in [1.807, 2.05) is 18.2 Å². The van der Waals surface area contributed by atoms with Crippen LogP contribution in [0.5, 0.6) is 0 Å². The van der Waals surface area contributed by atoms with Crippen LogP contribution in [0.2, 0.25) is 0 Å². The Morgan fingerprint density at radius 2 is 1.79 bits per heavy atom. The topological polar surface area (TPSA) is 41.0 Å². The number of aromatic nitrogens is 2. The minimum absolute atomic E-state index is 0.201. The fourth-order valence-electron chi connectivity index (χ4n) is 3.85.